The Bertz CT molecular complexity index is 1280. The zero-order valence-corrected chi connectivity index (χ0v) is 17.0. The van der Waals surface area contributed by atoms with Crippen LogP contribution in [0.5, 0.6) is 5.75 Å². The fourth-order valence-corrected chi connectivity index (χ4v) is 4.35. The highest BCUT2D eigenvalue weighted by atomic mass is 32.2. The first-order chi connectivity index (χ1) is 14.4. The van der Waals surface area contributed by atoms with Crippen LogP contribution < -0.4 is 20.3 Å². The van der Waals surface area contributed by atoms with E-state index in [1.54, 1.807) is 22.8 Å². The highest BCUT2D eigenvalue weighted by molar-refractivity contribution is 7.89. The van der Waals surface area contributed by atoms with Crippen LogP contribution in [0, 0.1) is 0 Å². The number of ether oxygens (including phenoxy) is 1. The number of rotatable bonds is 6. The van der Waals surface area contributed by atoms with Gasteiger partial charge in [-0.2, -0.15) is 0 Å². The molecule has 9 nitrogen and oxygen atoms in total. The second-order valence-electron chi connectivity index (χ2n) is 6.87. The molecule has 0 fully saturated rings. The van der Waals surface area contributed by atoms with Crippen molar-refractivity contribution in [2.45, 2.75) is 24.3 Å². The van der Waals surface area contributed by atoms with E-state index in [0.717, 1.165) is 18.7 Å². The van der Waals surface area contributed by atoms with Crippen molar-refractivity contribution in [2.75, 3.05) is 19.0 Å². The van der Waals surface area contributed by atoms with Gasteiger partial charge in [-0.15, -0.1) is 0 Å². The van der Waals surface area contributed by atoms with E-state index in [2.05, 4.69) is 15.0 Å². The summed E-state index contributed by atoms with van der Waals surface area (Å²) in [7, 11) is -2.36. The van der Waals surface area contributed by atoms with Crippen molar-refractivity contribution in [3.8, 4) is 5.75 Å². The number of benzene rings is 2. The topological polar surface area (TPSA) is 119 Å². The predicted octanol–water partition coefficient (Wildman–Crippen LogP) is 1.27. The molecule has 1 aliphatic rings. The first-order valence-electron chi connectivity index (χ1n) is 9.34. The molecule has 30 heavy (non-hydrogen) atoms. The van der Waals surface area contributed by atoms with E-state index in [4.69, 9.17) is 4.74 Å². The lowest BCUT2D eigenvalue weighted by atomic mass is 10.2. The number of carbonyl (C=O) groups excluding carboxylic acids is 1. The molecule has 0 saturated heterocycles. The maximum Gasteiger partial charge on any atom is 0.261 e. The smallest absolute Gasteiger partial charge is 0.261 e. The minimum atomic E-state index is -3.84. The summed E-state index contributed by atoms with van der Waals surface area (Å²) in [5.74, 6) is 0.731. The molecule has 0 unspecified atom stereocenters. The largest absolute Gasteiger partial charge is 0.497 e. The van der Waals surface area contributed by atoms with Gasteiger partial charge in [0.05, 0.1) is 29.5 Å². The highest BCUT2D eigenvalue weighted by Gasteiger charge is 2.18. The third kappa shape index (κ3) is 3.91. The molecule has 2 aromatic carbocycles. The van der Waals surface area contributed by atoms with Gasteiger partial charge >= 0.3 is 0 Å². The van der Waals surface area contributed by atoms with Crippen LogP contribution in [0.15, 0.2) is 52.2 Å². The molecule has 156 valence electrons. The first kappa shape index (κ1) is 20.0. The Labute approximate surface area is 172 Å². The third-order valence-corrected chi connectivity index (χ3v) is 6.31. The molecule has 1 aromatic heterocycles. The lowest BCUT2D eigenvalue weighted by Gasteiger charge is -2.10. The molecule has 0 radical (unpaired) electrons. The summed E-state index contributed by atoms with van der Waals surface area (Å²) in [6.45, 7) is 0.233. The van der Waals surface area contributed by atoms with Crippen molar-refractivity contribution in [3.63, 3.8) is 0 Å². The van der Waals surface area contributed by atoms with Crippen LogP contribution in [0.4, 0.5) is 5.69 Å². The first-order valence-corrected chi connectivity index (χ1v) is 10.8. The lowest BCUT2D eigenvalue weighted by molar-refractivity contribution is -0.115. The Hall–Kier alpha value is -3.24. The molecule has 2 N–H and O–H groups in total. The number of fused-ring (bicyclic) bond motifs is 2. The van der Waals surface area contributed by atoms with Gasteiger partial charge in [0.1, 0.15) is 11.6 Å². The zero-order chi connectivity index (χ0) is 21.3. The number of hydrogen-bond acceptors (Lipinski definition) is 6. The number of nitrogens with one attached hydrogen (secondary N) is 2. The van der Waals surface area contributed by atoms with Crippen LogP contribution in [0.3, 0.4) is 0 Å². The molecule has 10 heteroatoms. The minimum absolute atomic E-state index is 0.0281. The fourth-order valence-electron chi connectivity index (χ4n) is 3.37. The molecular weight excluding hydrogens is 408 g/mol. The second kappa shape index (κ2) is 7.88. The van der Waals surface area contributed by atoms with E-state index >= 15 is 0 Å². The monoisotopic (exact) mass is 428 g/mol. The van der Waals surface area contributed by atoms with E-state index in [1.165, 1.54) is 31.4 Å². The van der Waals surface area contributed by atoms with Crippen molar-refractivity contribution >= 4 is 32.5 Å². The molecule has 3 aromatic rings. The number of amides is 1. The number of methoxy groups -OCH3 is 1. The lowest BCUT2D eigenvalue weighted by Crippen LogP contribution is -2.32. The molecule has 0 bridgehead atoms. The van der Waals surface area contributed by atoms with E-state index in [0.29, 0.717) is 28.9 Å². The molecule has 0 atom stereocenters. The number of anilines is 1. The zero-order valence-electron chi connectivity index (χ0n) is 16.2. The quantitative estimate of drug-likeness (QED) is 0.610. The maximum absolute atomic E-state index is 12.5. The Kier molecular flexibility index (Phi) is 5.27. The van der Waals surface area contributed by atoms with Crippen LogP contribution >= 0.6 is 0 Å². The summed E-state index contributed by atoms with van der Waals surface area (Å²) in [6, 6.07) is 10.7. The molecule has 0 spiro atoms. The van der Waals surface area contributed by atoms with Crippen LogP contribution in [0.1, 0.15) is 12.2 Å². The molecule has 0 saturated carbocycles. The Morgan fingerprint density at radius 1 is 1.20 bits per heavy atom. The summed E-state index contributed by atoms with van der Waals surface area (Å²) < 4.78 is 33.6. The summed E-state index contributed by atoms with van der Waals surface area (Å²) in [5, 5.41) is 3.11. The Balaban J connectivity index is 1.45. The SMILES string of the molecule is COc1ccc(S(=O)(=O)NCC(=O)Nc2ccc3c(=O)n4c(nc3c2)CCC4)cc1. The second-order valence-corrected chi connectivity index (χ2v) is 8.64. The van der Waals surface area contributed by atoms with Gasteiger partial charge in [-0.3, -0.25) is 14.2 Å². The Morgan fingerprint density at radius 2 is 1.97 bits per heavy atom. The van der Waals surface area contributed by atoms with Crippen LogP contribution in [-0.2, 0) is 27.8 Å². The van der Waals surface area contributed by atoms with Crippen LogP contribution in [0.25, 0.3) is 10.9 Å². The molecule has 1 amide bonds. The van der Waals surface area contributed by atoms with Crippen LogP contribution in [-0.4, -0.2) is 37.5 Å². The number of aromatic nitrogens is 2. The number of nitrogens with zero attached hydrogens (tertiary/aromatic N) is 2. The van der Waals surface area contributed by atoms with Crippen molar-refractivity contribution in [3.05, 3.63) is 58.6 Å². The number of sulfonamides is 1. The number of hydrogen-bond donors (Lipinski definition) is 2. The van der Waals surface area contributed by atoms with Gasteiger partial charge in [-0.25, -0.2) is 18.1 Å². The van der Waals surface area contributed by atoms with Crippen molar-refractivity contribution in [2.24, 2.45) is 0 Å². The summed E-state index contributed by atoms with van der Waals surface area (Å²) >= 11 is 0. The number of aryl methyl sites for hydroxylation is 1. The molecule has 0 aliphatic carbocycles. The summed E-state index contributed by atoms with van der Waals surface area (Å²) in [4.78, 5) is 29.3. The average molecular weight is 428 g/mol. The Morgan fingerprint density at radius 3 is 2.70 bits per heavy atom. The molecule has 4 rings (SSSR count). The van der Waals surface area contributed by atoms with Gasteiger partial charge in [-0.1, -0.05) is 0 Å². The van der Waals surface area contributed by atoms with Gasteiger partial charge < -0.3 is 10.1 Å². The van der Waals surface area contributed by atoms with Gasteiger partial charge in [-0.05, 0) is 48.9 Å². The van der Waals surface area contributed by atoms with Gasteiger partial charge in [0.25, 0.3) is 5.56 Å². The summed E-state index contributed by atoms with van der Waals surface area (Å²) in [6.07, 6.45) is 1.63. The maximum atomic E-state index is 12.5. The molecule has 1 aliphatic heterocycles. The predicted molar refractivity (Wildman–Crippen MR) is 111 cm³/mol. The van der Waals surface area contributed by atoms with Crippen molar-refractivity contribution in [1.29, 1.82) is 0 Å². The molecular formula is C20H20N4O5S. The third-order valence-electron chi connectivity index (χ3n) is 4.89. The van der Waals surface area contributed by atoms with Gasteiger partial charge in [0.2, 0.25) is 15.9 Å². The fraction of sp³-hybridized carbons (Fsp3) is 0.250. The van der Waals surface area contributed by atoms with E-state index < -0.39 is 22.5 Å². The van der Waals surface area contributed by atoms with Gasteiger partial charge in [0.15, 0.2) is 0 Å². The normalized spacial score (nSPS) is 13.2. The standard InChI is InChI=1S/C20H20N4O5S/c1-29-14-5-7-15(8-6-14)30(27,28)21-12-19(25)22-13-4-9-16-17(11-13)23-18-3-2-10-24(18)20(16)26/h4-9,11,21H,2-3,10,12H2,1H3,(H,22,25). The average Bonchev–Trinajstić information content (AvgIpc) is 3.21. The number of carbonyl (C=O) groups is 1. The van der Waals surface area contributed by atoms with Gasteiger partial charge in [0, 0.05) is 18.7 Å². The minimum Gasteiger partial charge on any atom is -0.497 e. The van der Waals surface area contributed by atoms with Crippen molar-refractivity contribution < 1.29 is 17.9 Å². The van der Waals surface area contributed by atoms with E-state index in [-0.39, 0.29) is 10.5 Å². The summed E-state index contributed by atoms with van der Waals surface area (Å²) in [5.41, 5.74) is 0.855. The van der Waals surface area contributed by atoms with E-state index in [1.807, 2.05) is 0 Å². The highest BCUT2D eigenvalue weighted by Crippen LogP contribution is 2.19. The molecule has 2 heterocycles. The van der Waals surface area contributed by atoms with Crippen molar-refractivity contribution in [1.82, 2.24) is 14.3 Å². The van der Waals surface area contributed by atoms with E-state index in [9.17, 15) is 18.0 Å². The van der Waals surface area contributed by atoms with Crippen LogP contribution in [0.2, 0.25) is 0 Å².